The SMILES string of the molecule is CC(C)(C)OC(=O)C(C(=O)OC(C)(C)C)C(CC(=O)c1ccccc1)c1ccccc1. The molecule has 1 unspecified atom stereocenters. The molecule has 1 atom stereocenters. The molecule has 0 heterocycles. The molecule has 0 bridgehead atoms. The molecule has 5 nitrogen and oxygen atoms in total. The summed E-state index contributed by atoms with van der Waals surface area (Å²) >= 11 is 0. The van der Waals surface area contributed by atoms with Crippen LogP contribution in [0.1, 0.15) is 69.8 Å². The molecule has 0 aliphatic carbocycles. The molecule has 2 rings (SSSR count). The summed E-state index contributed by atoms with van der Waals surface area (Å²) in [4.78, 5) is 39.4. The second kappa shape index (κ2) is 9.90. The lowest BCUT2D eigenvalue weighted by Gasteiger charge is -2.30. The van der Waals surface area contributed by atoms with Crippen LogP contribution in [0.5, 0.6) is 0 Å². The number of carbonyl (C=O) groups excluding carboxylic acids is 3. The zero-order valence-corrected chi connectivity index (χ0v) is 19.2. The summed E-state index contributed by atoms with van der Waals surface area (Å²) in [6.07, 6.45) is -0.0306. The predicted molar refractivity (Wildman–Crippen MR) is 120 cm³/mol. The van der Waals surface area contributed by atoms with Crippen molar-refractivity contribution in [2.24, 2.45) is 5.92 Å². The highest BCUT2D eigenvalue weighted by molar-refractivity contribution is 6.00. The minimum Gasteiger partial charge on any atom is -0.459 e. The Bertz CT molecular complexity index is 861. The van der Waals surface area contributed by atoms with Gasteiger partial charge in [-0.15, -0.1) is 0 Å². The fourth-order valence-corrected chi connectivity index (χ4v) is 3.23. The smallest absolute Gasteiger partial charge is 0.321 e. The standard InChI is InChI=1S/C26H32O5/c1-25(2,3)30-23(28)22(24(29)31-26(4,5)6)20(18-13-9-7-10-14-18)17-21(27)19-15-11-8-12-16-19/h7-16,20,22H,17H2,1-6H3. The van der Waals surface area contributed by atoms with Crippen molar-refractivity contribution in [3.05, 3.63) is 71.8 Å². The first-order valence-corrected chi connectivity index (χ1v) is 10.5. The summed E-state index contributed by atoms with van der Waals surface area (Å²) in [6, 6.07) is 17.9. The number of rotatable bonds is 7. The van der Waals surface area contributed by atoms with Crippen LogP contribution < -0.4 is 0 Å². The molecule has 0 radical (unpaired) electrons. The molecule has 166 valence electrons. The summed E-state index contributed by atoms with van der Waals surface area (Å²) in [7, 11) is 0. The Morgan fingerprint density at radius 1 is 0.710 bits per heavy atom. The monoisotopic (exact) mass is 424 g/mol. The van der Waals surface area contributed by atoms with Gasteiger partial charge < -0.3 is 9.47 Å². The second-order valence-corrected chi connectivity index (χ2v) is 9.56. The van der Waals surface area contributed by atoms with Crippen molar-refractivity contribution in [2.45, 2.75) is 65.1 Å². The van der Waals surface area contributed by atoms with E-state index in [0.717, 1.165) is 0 Å². The van der Waals surface area contributed by atoms with Crippen LogP contribution in [-0.4, -0.2) is 28.9 Å². The molecule has 0 aromatic heterocycles. The van der Waals surface area contributed by atoms with Gasteiger partial charge in [0.05, 0.1) is 0 Å². The Morgan fingerprint density at radius 2 is 1.13 bits per heavy atom. The van der Waals surface area contributed by atoms with E-state index in [9.17, 15) is 14.4 Å². The van der Waals surface area contributed by atoms with E-state index in [2.05, 4.69) is 0 Å². The fourth-order valence-electron chi connectivity index (χ4n) is 3.23. The zero-order chi connectivity index (χ0) is 23.2. The van der Waals surface area contributed by atoms with Crippen LogP contribution in [0.3, 0.4) is 0 Å². The van der Waals surface area contributed by atoms with Crippen LogP contribution in [-0.2, 0) is 19.1 Å². The van der Waals surface area contributed by atoms with E-state index in [1.807, 2.05) is 36.4 Å². The van der Waals surface area contributed by atoms with Gasteiger partial charge >= 0.3 is 11.9 Å². The van der Waals surface area contributed by atoms with Gasteiger partial charge in [0.25, 0.3) is 0 Å². The minimum atomic E-state index is -1.27. The summed E-state index contributed by atoms with van der Waals surface area (Å²) in [6.45, 7) is 10.4. The first kappa shape index (κ1) is 24.3. The van der Waals surface area contributed by atoms with Gasteiger partial charge in [0.1, 0.15) is 11.2 Å². The van der Waals surface area contributed by atoms with Crippen molar-refractivity contribution in [1.29, 1.82) is 0 Å². The maximum absolute atomic E-state index is 13.2. The highest BCUT2D eigenvalue weighted by atomic mass is 16.6. The van der Waals surface area contributed by atoms with Gasteiger partial charge in [0.2, 0.25) is 0 Å². The van der Waals surface area contributed by atoms with Gasteiger partial charge in [-0.1, -0.05) is 60.7 Å². The molecular formula is C26H32O5. The molecule has 0 aliphatic heterocycles. The Labute approximate surface area is 184 Å². The number of esters is 2. The predicted octanol–water partition coefficient (Wildman–Crippen LogP) is 5.34. The van der Waals surface area contributed by atoms with Gasteiger partial charge in [-0.25, -0.2) is 0 Å². The average molecular weight is 425 g/mol. The van der Waals surface area contributed by atoms with Crippen molar-refractivity contribution < 1.29 is 23.9 Å². The molecule has 0 aliphatic rings. The Kier molecular flexibility index (Phi) is 7.77. The maximum atomic E-state index is 13.2. The van der Waals surface area contributed by atoms with E-state index < -0.39 is 35.0 Å². The van der Waals surface area contributed by atoms with Crippen molar-refractivity contribution in [2.75, 3.05) is 0 Å². The summed E-state index contributed by atoms with van der Waals surface area (Å²) in [5.74, 6) is -3.55. The van der Waals surface area contributed by atoms with Crippen molar-refractivity contribution >= 4 is 17.7 Å². The molecule has 0 saturated heterocycles. The molecule has 0 fully saturated rings. The Morgan fingerprint density at radius 3 is 1.55 bits per heavy atom. The molecule has 31 heavy (non-hydrogen) atoms. The quantitative estimate of drug-likeness (QED) is 0.341. The molecule has 0 amide bonds. The molecule has 2 aromatic rings. The van der Waals surface area contributed by atoms with Crippen LogP contribution in [0.25, 0.3) is 0 Å². The van der Waals surface area contributed by atoms with Crippen molar-refractivity contribution in [3.63, 3.8) is 0 Å². The molecule has 0 N–H and O–H groups in total. The van der Waals surface area contributed by atoms with Crippen LogP contribution in [0, 0.1) is 5.92 Å². The van der Waals surface area contributed by atoms with Crippen LogP contribution in [0.15, 0.2) is 60.7 Å². The summed E-state index contributed by atoms with van der Waals surface area (Å²) in [5.41, 5.74) is -0.353. The lowest BCUT2D eigenvalue weighted by atomic mass is 9.81. The van der Waals surface area contributed by atoms with Gasteiger partial charge in [0, 0.05) is 17.9 Å². The average Bonchev–Trinajstić information content (AvgIpc) is 2.66. The van der Waals surface area contributed by atoms with Gasteiger partial charge in [0.15, 0.2) is 11.7 Å². The van der Waals surface area contributed by atoms with E-state index in [4.69, 9.17) is 9.47 Å². The third-order valence-electron chi connectivity index (χ3n) is 4.45. The lowest BCUT2D eigenvalue weighted by molar-refractivity contribution is -0.175. The number of ketones is 1. The number of hydrogen-bond acceptors (Lipinski definition) is 5. The van der Waals surface area contributed by atoms with Gasteiger partial charge in [-0.2, -0.15) is 0 Å². The largest absolute Gasteiger partial charge is 0.459 e. The summed E-state index contributed by atoms with van der Waals surface area (Å²) < 4.78 is 11.1. The first-order chi connectivity index (χ1) is 14.4. The number of Topliss-reactive ketones (excluding diaryl/α,β-unsaturated/α-hetero) is 1. The highest BCUT2D eigenvalue weighted by Gasteiger charge is 2.42. The normalized spacial score (nSPS) is 12.9. The van der Waals surface area contributed by atoms with E-state index in [-0.39, 0.29) is 12.2 Å². The molecule has 2 aromatic carbocycles. The first-order valence-electron chi connectivity index (χ1n) is 10.5. The Hall–Kier alpha value is -2.95. The number of carbonyl (C=O) groups is 3. The van der Waals surface area contributed by atoms with Gasteiger partial charge in [-0.3, -0.25) is 14.4 Å². The van der Waals surface area contributed by atoms with E-state index in [0.29, 0.717) is 11.1 Å². The molecule has 0 saturated carbocycles. The van der Waals surface area contributed by atoms with E-state index >= 15 is 0 Å². The molecular weight excluding hydrogens is 392 g/mol. The van der Waals surface area contributed by atoms with Gasteiger partial charge in [-0.05, 0) is 47.1 Å². The number of ether oxygens (including phenoxy) is 2. The van der Waals surface area contributed by atoms with Crippen LogP contribution >= 0.6 is 0 Å². The highest BCUT2D eigenvalue weighted by Crippen LogP contribution is 2.33. The third kappa shape index (κ3) is 7.67. The molecule has 0 spiro atoms. The van der Waals surface area contributed by atoms with E-state index in [1.165, 1.54) is 0 Å². The van der Waals surface area contributed by atoms with Crippen molar-refractivity contribution in [1.82, 2.24) is 0 Å². The lowest BCUT2D eigenvalue weighted by Crippen LogP contribution is -2.40. The van der Waals surface area contributed by atoms with Crippen LogP contribution in [0.4, 0.5) is 0 Å². The van der Waals surface area contributed by atoms with Crippen molar-refractivity contribution in [3.8, 4) is 0 Å². The fraction of sp³-hybridized carbons (Fsp3) is 0.423. The maximum Gasteiger partial charge on any atom is 0.321 e. The van der Waals surface area contributed by atoms with E-state index in [1.54, 1.807) is 65.8 Å². The second-order valence-electron chi connectivity index (χ2n) is 9.56. The number of benzene rings is 2. The zero-order valence-electron chi connectivity index (χ0n) is 19.2. The topological polar surface area (TPSA) is 69.7 Å². The minimum absolute atomic E-state index is 0.0306. The third-order valence-corrected chi connectivity index (χ3v) is 4.45. The number of hydrogen-bond donors (Lipinski definition) is 0. The Balaban J connectivity index is 2.49. The molecule has 5 heteroatoms. The van der Waals surface area contributed by atoms with Crippen LogP contribution in [0.2, 0.25) is 0 Å². The summed E-state index contributed by atoms with van der Waals surface area (Å²) in [5, 5.41) is 0.